The van der Waals surface area contributed by atoms with E-state index >= 15 is 0 Å². The monoisotopic (exact) mass is 688 g/mol. The Balaban J connectivity index is 1.37. The summed E-state index contributed by atoms with van der Waals surface area (Å²) in [6.45, 7) is -7.99. The average Bonchev–Trinajstić information content (AvgIpc) is 1.48. The van der Waals surface area contributed by atoms with Gasteiger partial charge < -0.3 is 9.32 Å². The van der Waals surface area contributed by atoms with Crippen molar-refractivity contribution in [1.29, 1.82) is 0 Å². The maximum absolute atomic E-state index is 9.88. The van der Waals surface area contributed by atoms with E-state index in [0.29, 0.717) is 0 Å². The zero-order valence-corrected chi connectivity index (χ0v) is 25.4. The van der Waals surface area contributed by atoms with Gasteiger partial charge in [-0.25, -0.2) is 0 Å². The van der Waals surface area contributed by atoms with Gasteiger partial charge in [0, 0.05) is 46.9 Å². The summed E-state index contributed by atoms with van der Waals surface area (Å²) in [7, 11) is 0. The van der Waals surface area contributed by atoms with Crippen LogP contribution in [0.1, 0.15) is 72.8 Å². The fourth-order valence-corrected chi connectivity index (χ4v) is 5.87. The normalized spacial score (nSPS) is 23.3. The first kappa shape index (κ1) is 10.8. The van der Waals surface area contributed by atoms with Crippen molar-refractivity contribution in [2.75, 3.05) is 4.90 Å². The molecule has 1 heterocycles. The molecule has 51 heavy (non-hydrogen) atoms. The molecule has 0 unspecified atom stereocenters. The summed E-state index contributed by atoms with van der Waals surface area (Å²) in [4.78, 5) is 0.182. The second-order valence-corrected chi connectivity index (χ2v) is 11.0. The first-order chi connectivity index (χ1) is 39.6. The van der Waals surface area contributed by atoms with Crippen LogP contribution in [0.5, 0.6) is 0 Å². The minimum absolute atomic E-state index is 0.182. The molecule has 0 bridgehead atoms. The third-order valence-corrected chi connectivity index (χ3v) is 8.13. The van der Waals surface area contributed by atoms with Crippen LogP contribution in [0.4, 0.5) is 17.1 Å². The number of hydrogen-bond acceptors (Lipinski definition) is 2. The van der Waals surface area contributed by atoms with E-state index in [1.807, 2.05) is 0 Å². The number of hydrogen-bond donors (Lipinski definition) is 0. The van der Waals surface area contributed by atoms with Crippen LogP contribution in [0.15, 0.2) is 180 Å². The Kier molecular flexibility index (Phi) is 2.40. The molecule has 0 atom stereocenters. The maximum Gasteiger partial charge on any atom is 0.143 e. The van der Waals surface area contributed by atoms with Crippen LogP contribution >= 0.6 is 0 Å². The second kappa shape index (κ2) is 11.3. The number of fused-ring (bicyclic) bond motifs is 8. The van der Waals surface area contributed by atoms with Crippen molar-refractivity contribution in [1.82, 2.24) is 0 Å². The molecular weight excluding hydrogens is 619 g/mol. The van der Waals surface area contributed by atoms with Crippen LogP contribution in [-0.2, 0) is 5.41 Å². The lowest BCUT2D eigenvalue weighted by Gasteiger charge is -2.28. The Morgan fingerprint density at radius 1 is 0.451 bits per heavy atom. The SMILES string of the molecule is [2H]c1c([2H])c([2H])c(-c2c([2H])c3c(oc4c([2H])c([2H])c(-c5c([2H])c([2H])c(N(c6c([2H])c([2H])c([2H])c([2H])c6[2H])c6c([2H])c([2H])c7c(c6[2H])C(C([2H])([2H])[2H])(C([2H])([2H])[2H])c6c([2H])c([2H])c([2H])c([2H])c6-7)c([2H])c5[2H])c([2H])c43)c3c([2H])c([2H])c([2H])c([2H])c23)c([2H])c1[2H]. The minimum Gasteiger partial charge on any atom is -0.455 e. The molecule has 0 N–H and O–H groups in total. The first-order valence-electron chi connectivity index (χ1n) is 32.3. The summed E-state index contributed by atoms with van der Waals surface area (Å²) in [6.07, 6.45) is 0. The predicted octanol–water partition coefficient (Wildman–Crippen LogP) is 13.8. The van der Waals surface area contributed by atoms with Gasteiger partial charge >= 0.3 is 0 Å². The molecule has 9 aromatic rings. The van der Waals surface area contributed by atoms with Gasteiger partial charge in [0.2, 0.25) is 0 Å². The number of benzene rings is 8. The molecule has 0 fully saturated rings. The highest BCUT2D eigenvalue weighted by Crippen LogP contribution is 2.50. The largest absolute Gasteiger partial charge is 0.455 e. The van der Waals surface area contributed by atoms with Crippen molar-refractivity contribution in [3.8, 4) is 33.4 Å². The van der Waals surface area contributed by atoms with Crippen LogP contribution in [0.3, 0.4) is 0 Å². The third-order valence-electron chi connectivity index (χ3n) is 8.13. The van der Waals surface area contributed by atoms with Gasteiger partial charge in [-0.05, 0) is 104 Å². The van der Waals surface area contributed by atoms with Crippen molar-refractivity contribution in [3.63, 3.8) is 0 Å². The highest BCUT2D eigenvalue weighted by atomic mass is 16.3. The minimum atomic E-state index is -3.99. The molecule has 10 rings (SSSR count). The lowest BCUT2D eigenvalue weighted by Crippen LogP contribution is -2.16. The van der Waals surface area contributed by atoms with Gasteiger partial charge in [-0.15, -0.1) is 0 Å². The van der Waals surface area contributed by atoms with Gasteiger partial charge in [-0.3, -0.25) is 0 Å². The molecule has 0 radical (unpaired) electrons. The van der Waals surface area contributed by atoms with Crippen LogP contribution < -0.4 is 4.90 Å². The lowest BCUT2D eigenvalue weighted by atomic mass is 9.82. The van der Waals surface area contributed by atoms with E-state index < -0.39 is 289 Å². The van der Waals surface area contributed by atoms with Crippen molar-refractivity contribution >= 4 is 49.8 Å². The molecule has 0 spiro atoms. The molecule has 2 heteroatoms. The average molecular weight is 689 g/mol. The molecule has 242 valence electrons. The van der Waals surface area contributed by atoms with Crippen molar-refractivity contribution < 1.29 is 52.4 Å². The Hall–Kier alpha value is -6.38. The molecular formula is C49H35NO. The summed E-state index contributed by atoms with van der Waals surface area (Å²) in [5, 5.41) is -2.55. The van der Waals surface area contributed by atoms with Crippen LogP contribution in [-0.4, -0.2) is 0 Å². The first-order valence-corrected chi connectivity index (χ1v) is 14.8. The van der Waals surface area contributed by atoms with E-state index in [2.05, 4.69) is 0 Å². The molecule has 0 saturated carbocycles. The number of anilines is 3. The highest BCUT2D eigenvalue weighted by molar-refractivity contribution is 6.19. The van der Waals surface area contributed by atoms with Gasteiger partial charge in [0.15, 0.2) is 0 Å². The van der Waals surface area contributed by atoms with Crippen molar-refractivity contribution in [2.24, 2.45) is 0 Å². The third kappa shape index (κ3) is 4.64. The van der Waals surface area contributed by atoms with Crippen molar-refractivity contribution in [3.05, 3.63) is 186 Å². The number of nitrogens with zero attached hydrogens (tertiary/aromatic N) is 1. The van der Waals surface area contributed by atoms with Crippen LogP contribution in [0.2, 0.25) is 0 Å². The fraction of sp³-hybridized carbons (Fsp3) is 0.0612. The quantitative estimate of drug-likeness (QED) is 0.179. The Morgan fingerprint density at radius 3 is 1.90 bits per heavy atom. The van der Waals surface area contributed by atoms with Crippen LogP contribution in [0, 0.1) is 0 Å². The van der Waals surface area contributed by atoms with Gasteiger partial charge in [0.25, 0.3) is 0 Å². The van der Waals surface area contributed by atoms with E-state index in [4.69, 9.17) is 37.3 Å². The smallest absolute Gasteiger partial charge is 0.143 e. The Labute approximate surface area is 347 Å². The topological polar surface area (TPSA) is 16.4 Å². The molecule has 0 aliphatic heterocycles. The lowest BCUT2D eigenvalue weighted by molar-refractivity contribution is 0.660. The van der Waals surface area contributed by atoms with E-state index in [1.165, 1.54) is 0 Å². The van der Waals surface area contributed by atoms with E-state index in [0.717, 1.165) is 0 Å². The van der Waals surface area contributed by atoms with Gasteiger partial charge in [0.1, 0.15) is 11.2 Å². The number of furan rings is 1. The molecule has 0 amide bonds. The summed E-state index contributed by atoms with van der Waals surface area (Å²) in [6, 6.07) is -32.6. The number of para-hydroxylation sites is 1. The van der Waals surface area contributed by atoms with Crippen molar-refractivity contribution in [2.45, 2.75) is 19.1 Å². The Morgan fingerprint density at radius 2 is 1.10 bits per heavy atom. The fourth-order valence-electron chi connectivity index (χ4n) is 5.87. The summed E-state index contributed by atoms with van der Waals surface area (Å²) in [5.74, 6) is 0. The van der Waals surface area contributed by atoms with E-state index in [9.17, 15) is 15.1 Å². The molecule has 2 nitrogen and oxygen atoms in total. The van der Waals surface area contributed by atoms with Gasteiger partial charge in [0.05, 0.1) is 39.8 Å². The zero-order chi connectivity index (χ0) is 64.3. The zero-order valence-electron chi connectivity index (χ0n) is 60.4. The maximum atomic E-state index is 9.88. The van der Waals surface area contributed by atoms with Gasteiger partial charge in [-0.1, -0.05) is 135 Å². The summed E-state index contributed by atoms with van der Waals surface area (Å²) in [5.41, 5.74) is -16.9. The molecule has 1 aromatic heterocycles. The molecule has 1 aliphatic carbocycles. The van der Waals surface area contributed by atoms with Crippen LogP contribution in [0.25, 0.3) is 66.1 Å². The van der Waals surface area contributed by atoms with E-state index in [-0.39, 0.29) is 4.90 Å². The summed E-state index contributed by atoms with van der Waals surface area (Å²) < 4.78 is 321. The number of rotatable bonds is 5. The van der Waals surface area contributed by atoms with Gasteiger partial charge in [-0.2, -0.15) is 0 Å². The summed E-state index contributed by atoms with van der Waals surface area (Å²) >= 11 is 0. The standard InChI is InChI=1S/C49H35NO/c1-49(2)45-20-12-11-18-39(45)40-27-26-37(30-46(40)49)50(35-15-7-4-8-16-35)36-24-21-32(22-25-36)34-23-28-47-43(29-34)44-31-42(33-13-5-3-6-14-33)38-17-9-10-19-41(38)48(44)51-47/h3-31H,1-2H3/i1D3,2D3,3D,4D,5D,6D,7D,8D,9D,10D,11D,12D,13D,14D,15D,16D,17D,18D,19D,20D,21D,22D,23D,24D,25D,26D,27D,28D,29D,30D,31D. The predicted molar refractivity (Wildman–Crippen MR) is 214 cm³/mol. The van der Waals surface area contributed by atoms with E-state index in [1.54, 1.807) is 0 Å². The highest BCUT2D eigenvalue weighted by Gasteiger charge is 2.35. The Bertz CT molecular complexity index is 4570. The molecule has 1 aliphatic rings. The molecule has 0 saturated heterocycles. The second-order valence-electron chi connectivity index (χ2n) is 11.0. The molecule has 8 aromatic carbocycles.